The molecule has 0 aliphatic rings. The van der Waals surface area contributed by atoms with E-state index in [-0.39, 0.29) is 5.56 Å². The quantitative estimate of drug-likeness (QED) is 0.610. The lowest BCUT2D eigenvalue weighted by Crippen LogP contribution is -2.02. The molecule has 0 radical (unpaired) electrons. The third kappa shape index (κ3) is 1.22. The molecular weight excluding hydrogens is 171 g/mol. The highest BCUT2D eigenvalue weighted by Gasteiger charge is 2.17. The standard InChI is InChI=1S/C7H6F3NO/c1-3-5(12-2)4(8)7(10)11-6(3)9/h1-2H3. The molecule has 2 nitrogen and oxygen atoms in total. The van der Waals surface area contributed by atoms with Crippen LogP contribution in [0.1, 0.15) is 5.56 Å². The van der Waals surface area contributed by atoms with Crippen molar-refractivity contribution in [2.75, 3.05) is 7.11 Å². The Labute approximate surface area is 67.0 Å². The minimum absolute atomic E-state index is 0.142. The maximum atomic E-state index is 12.7. The third-order valence-electron chi connectivity index (χ3n) is 1.43. The molecule has 0 saturated heterocycles. The van der Waals surface area contributed by atoms with Gasteiger partial charge in [0.1, 0.15) is 0 Å². The molecule has 1 rings (SSSR count). The van der Waals surface area contributed by atoms with Crippen molar-refractivity contribution in [1.82, 2.24) is 4.98 Å². The number of pyridine rings is 1. The molecule has 0 saturated carbocycles. The molecule has 0 atom stereocenters. The summed E-state index contributed by atoms with van der Waals surface area (Å²) in [6, 6.07) is 0. The molecule has 0 amide bonds. The van der Waals surface area contributed by atoms with Crippen LogP contribution in [0.25, 0.3) is 0 Å². The lowest BCUT2D eigenvalue weighted by molar-refractivity contribution is 0.349. The number of methoxy groups -OCH3 is 1. The van der Waals surface area contributed by atoms with Gasteiger partial charge in [0.25, 0.3) is 5.95 Å². The maximum Gasteiger partial charge on any atom is 0.255 e. The monoisotopic (exact) mass is 177 g/mol. The number of ether oxygens (including phenoxy) is 1. The second kappa shape index (κ2) is 3.00. The van der Waals surface area contributed by atoms with E-state index in [0.29, 0.717) is 0 Å². The molecule has 5 heteroatoms. The van der Waals surface area contributed by atoms with Crippen molar-refractivity contribution in [2.45, 2.75) is 6.92 Å². The summed E-state index contributed by atoms with van der Waals surface area (Å²) in [4.78, 5) is 2.69. The van der Waals surface area contributed by atoms with Crippen molar-refractivity contribution in [2.24, 2.45) is 0 Å². The molecule has 0 aliphatic carbocycles. The van der Waals surface area contributed by atoms with Gasteiger partial charge in [-0.25, -0.2) is 0 Å². The predicted octanol–water partition coefficient (Wildman–Crippen LogP) is 1.82. The van der Waals surface area contributed by atoms with E-state index in [1.807, 2.05) is 0 Å². The molecule has 1 heterocycles. The van der Waals surface area contributed by atoms with E-state index in [0.717, 1.165) is 7.11 Å². The summed E-state index contributed by atoms with van der Waals surface area (Å²) in [7, 11) is 1.13. The Kier molecular flexibility index (Phi) is 2.21. The van der Waals surface area contributed by atoms with Crippen molar-refractivity contribution in [3.05, 3.63) is 23.3 Å². The van der Waals surface area contributed by atoms with Gasteiger partial charge in [0.15, 0.2) is 5.75 Å². The van der Waals surface area contributed by atoms with E-state index >= 15 is 0 Å². The first-order valence-electron chi connectivity index (χ1n) is 3.13. The Morgan fingerprint density at radius 1 is 1.17 bits per heavy atom. The Morgan fingerprint density at radius 2 is 1.75 bits per heavy atom. The van der Waals surface area contributed by atoms with Crippen molar-refractivity contribution >= 4 is 0 Å². The van der Waals surface area contributed by atoms with Crippen molar-refractivity contribution < 1.29 is 17.9 Å². The van der Waals surface area contributed by atoms with E-state index in [9.17, 15) is 13.2 Å². The minimum atomic E-state index is -1.49. The van der Waals surface area contributed by atoms with Gasteiger partial charge in [-0.2, -0.15) is 18.2 Å². The average Bonchev–Trinajstić information content (AvgIpc) is 2.02. The van der Waals surface area contributed by atoms with Gasteiger partial charge in [0.05, 0.1) is 7.11 Å². The van der Waals surface area contributed by atoms with Crippen LogP contribution in [-0.2, 0) is 0 Å². The zero-order valence-electron chi connectivity index (χ0n) is 6.49. The summed E-state index contributed by atoms with van der Waals surface area (Å²) in [5, 5.41) is 0. The number of aromatic nitrogens is 1. The number of nitrogens with zero attached hydrogens (tertiary/aromatic N) is 1. The number of hydrogen-bond donors (Lipinski definition) is 0. The summed E-state index contributed by atoms with van der Waals surface area (Å²) < 4.78 is 42.2. The number of halogens is 3. The van der Waals surface area contributed by atoms with Crippen LogP contribution in [0, 0.1) is 24.6 Å². The molecule has 0 unspecified atom stereocenters. The summed E-state index contributed by atoms with van der Waals surface area (Å²) in [5.41, 5.74) is -0.142. The Balaban J connectivity index is 3.42. The minimum Gasteiger partial charge on any atom is -0.493 e. The van der Waals surface area contributed by atoms with Gasteiger partial charge in [0, 0.05) is 5.56 Å². The maximum absolute atomic E-state index is 12.7. The third-order valence-corrected chi connectivity index (χ3v) is 1.43. The Hall–Kier alpha value is -1.26. The molecular formula is C7H6F3NO. The predicted molar refractivity (Wildman–Crippen MR) is 35.4 cm³/mol. The van der Waals surface area contributed by atoms with E-state index in [4.69, 9.17) is 0 Å². The molecule has 0 aromatic carbocycles. The zero-order chi connectivity index (χ0) is 9.30. The van der Waals surface area contributed by atoms with E-state index < -0.39 is 23.5 Å². The van der Waals surface area contributed by atoms with Crippen LogP contribution < -0.4 is 4.74 Å². The molecule has 0 N–H and O–H groups in total. The normalized spacial score (nSPS) is 10.1. The van der Waals surface area contributed by atoms with E-state index in [1.165, 1.54) is 6.92 Å². The van der Waals surface area contributed by atoms with Crippen LogP contribution in [0.3, 0.4) is 0 Å². The molecule has 0 aliphatic heterocycles. The van der Waals surface area contributed by atoms with Gasteiger partial charge in [-0.05, 0) is 6.92 Å². The van der Waals surface area contributed by atoms with Gasteiger partial charge >= 0.3 is 0 Å². The highest BCUT2D eigenvalue weighted by molar-refractivity contribution is 5.31. The summed E-state index contributed by atoms with van der Waals surface area (Å²) in [6.45, 7) is 1.25. The lowest BCUT2D eigenvalue weighted by Gasteiger charge is -2.05. The first-order valence-corrected chi connectivity index (χ1v) is 3.13. The molecule has 0 spiro atoms. The van der Waals surface area contributed by atoms with E-state index in [2.05, 4.69) is 9.72 Å². The SMILES string of the molecule is COc1c(C)c(F)nc(F)c1F. The highest BCUT2D eigenvalue weighted by Crippen LogP contribution is 2.24. The molecule has 66 valence electrons. The van der Waals surface area contributed by atoms with Crippen molar-refractivity contribution in [1.29, 1.82) is 0 Å². The Morgan fingerprint density at radius 3 is 2.25 bits per heavy atom. The molecule has 1 aromatic heterocycles. The lowest BCUT2D eigenvalue weighted by atomic mass is 10.3. The van der Waals surface area contributed by atoms with Crippen LogP contribution in [0.5, 0.6) is 5.75 Å². The van der Waals surface area contributed by atoms with Crippen molar-refractivity contribution in [3.63, 3.8) is 0 Å². The molecule has 0 bridgehead atoms. The summed E-state index contributed by atoms with van der Waals surface area (Å²) >= 11 is 0. The van der Waals surface area contributed by atoms with Gasteiger partial charge in [-0.15, -0.1) is 0 Å². The second-order valence-corrected chi connectivity index (χ2v) is 2.17. The summed E-state index contributed by atoms with van der Waals surface area (Å²) in [5.74, 6) is -4.27. The van der Waals surface area contributed by atoms with Gasteiger partial charge in [0.2, 0.25) is 11.8 Å². The largest absolute Gasteiger partial charge is 0.493 e. The summed E-state index contributed by atoms with van der Waals surface area (Å²) in [6.07, 6.45) is 0. The topological polar surface area (TPSA) is 22.1 Å². The molecule has 12 heavy (non-hydrogen) atoms. The van der Waals surface area contributed by atoms with Gasteiger partial charge < -0.3 is 4.74 Å². The van der Waals surface area contributed by atoms with Crippen LogP contribution in [0.15, 0.2) is 0 Å². The fourth-order valence-corrected chi connectivity index (χ4v) is 0.814. The first kappa shape index (κ1) is 8.83. The Bertz CT molecular complexity index is 288. The van der Waals surface area contributed by atoms with Gasteiger partial charge in [-0.1, -0.05) is 0 Å². The fraction of sp³-hybridized carbons (Fsp3) is 0.286. The first-order chi connectivity index (χ1) is 5.57. The second-order valence-electron chi connectivity index (χ2n) is 2.17. The fourth-order valence-electron chi connectivity index (χ4n) is 0.814. The van der Waals surface area contributed by atoms with E-state index in [1.54, 1.807) is 0 Å². The average molecular weight is 177 g/mol. The molecule has 1 aromatic rings. The highest BCUT2D eigenvalue weighted by atomic mass is 19.2. The van der Waals surface area contributed by atoms with Crippen molar-refractivity contribution in [3.8, 4) is 5.75 Å². The van der Waals surface area contributed by atoms with Gasteiger partial charge in [-0.3, -0.25) is 0 Å². The van der Waals surface area contributed by atoms with Crippen LogP contribution in [0.4, 0.5) is 13.2 Å². The van der Waals surface area contributed by atoms with Crippen LogP contribution in [-0.4, -0.2) is 12.1 Å². The molecule has 0 fully saturated rings. The van der Waals surface area contributed by atoms with Crippen LogP contribution >= 0.6 is 0 Å². The smallest absolute Gasteiger partial charge is 0.255 e. The number of rotatable bonds is 1. The van der Waals surface area contributed by atoms with Crippen LogP contribution in [0.2, 0.25) is 0 Å². The number of hydrogen-bond acceptors (Lipinski definition) is 2. The zero-order valence-corrected chi connectivity index (χ0v) is 6.49.